The Morgan fingerprint density at radius 3 is 2.48 bits per heavy atom. The summed E-state index contributed by atoms with van der Waals surface area (Å²) in [4.78, 5) is 23.8. The van der Waals surface area contributed by atoms with Crippen molar-refractivity contribution in [1.29, 1.82) is 0 Å². The number of thiocarbonyl (C=S) groups is 1. The average Bonchev–Trinajstić information content (AvgIpc) is 2.66. The van der Waals surface area contributed by atoms with Gasteiger partial charge in [-0.25, -0.2) is 0 Å². The van der Waals surface area contributed by atoms with E-state index in [1.807, 2.05) is 37.3 Å². The van der Waals surface area contributed by atoms with Crippen LogP contribution in [-0.2, 0) is 11.2 Å². The van der Waals surface area contributed by atoms with E-state index in [-0.39, 0.29) is 12.5 Å². The van der Waals surface area contributed by atoms with Crippen molar-refractivity contribution in [2.24, 2.45) is 0 Å². The van der Waals surface area contributed by atoms with Crippen molar-refractivity contribution < 1.29 is 9.59 Å². The van der Waals surface area contributed by atoms with Crippen molar-refractivity contribution in [2.75, 3.05) is 13.1 Å². The third kappa shape index (κ3) is 7.64. The average molecular weight is 405 g/mol. The number of rotatable bonds is 6. The number of hydrogen-bond acceptors (Lipinski definition) is 3. The summed E-state index contributed by atoms with van der Waals surface area (Å²) in [5.74, 6) is -0.713. The van der Waals surface area contributed by atoms with E-state index in [1.165, 1.54) is 0 Å². The lowest BCUT2D eigenvalue weighted by Crippen LogP contribution is -2.50. The molecule has 0 aliphatic rings. The van der Waals surface area contributed by atoms with Gasteiger partial charge in [0.2, 0.25) is 0 Å². The van der Waals surface area contributed by atoms with E-state index in [9.17, 15) is 9.59 Å². The summed E-state index contributed by atoms with van der Waals surface area (Å²) in [5, 5.41) is 6.53. The normalized spacial score (nSPS) is 10.0. The van der Waals surface area contributed by atoms with Gasteiger partial charge in [0, 0.05) is 17.1 Å². The van der Waals surface area contributed by atoms with E-state index in [0.717, 1.165) is 17.5 Å². The number of hydrazine groups is 1. The minimum absolute atomic E-state index is 0.160. The van der Waals surface area contributed by atoms with E-state index >= 15 is 0 Å². The van der Waals surface area contributed by atoms with Gasteiger partial charge in [0.1, 0.15) is 0 Å². The van der Waals surface area contributed by atoms with Crippen LogP contribution in [0.25, 0.3) is 0 Å². The second-order valence-electron chi connectivity index (χ2n) is 5.86. The van der Waals surface area contributed by atoms with Crippen molar-refractivity contribution in [3.05, 3.63) is 70.2 Å². The number of nitrogens with one attached hydrogen (secondary N) is 4. The van der Waals surface area contributed by atoms with Crippen molar-refractivity contribution in [1.82, 2.24) is 21.5 Å². The highest BCUT2D eigenvalue weighted by molar-refractivity contribution is 7.80. The number of carbonyl (C=O) groups is 2. The largest absolute Gasteiger partial charge is 0.361 e. The van der Waals surface area contributed by atoms with Crippen LogP contribution in [0.1, 0.15) is 21.5 Å². The Hall–Kier alpha value is -2.64. The zero-order chi connectivity index (χ0) is 19.6. The first-order valence-electron chi connectivity index (χ1n) is 8.36. The smallest absolute Gasteiger partial charge is 0.257 e. The van der Waals surface area contributed by atoms with Crippen LogP contribution < -0.4 is 21.5 Å². The molecule has 0 spiro atoms. The third-order valence-electron chi connectivity index (χ3n) is 3.62. The maximum absolute atomic E-state index is 12.0. The van der Waals surface area contributed by atoms with Crippen LogP contribution in [-0.4, -0.2) is 30.0 Å². The van der Waals surface area contributed by atoms with E-state index < -0.39 is 5.91 Å². The molecule has 2 rings (SSSR count). The van der Waals surface area contributed by atoms with Crippen LogP contribution >= 0.6 is 23.8 Å². The number of carbonyl (C=O) groups excluding carboxylic acids is 2. The SMILES string of the molecule is Cc1cccc(C(=O)NCC(=O)NNC(=S)NCCc2ccc(Cl)cc2)c1. The Morgan fingerprint density at radius 1 is 1.04 bits per heavy atom. The van der Waals surface area contributed by atoms with Gasteiger partial charge in [0.05, 0.1) is 6.54 Å². The Bertz CT molecular complexity index is 812. The standard InChI is InChI=1S/C19H21ClN4O2S/c1-13-3-2-4-15(11-13)18(26)22-12-17(25)23-24-19(27)21-10-9-14-5-7-16(20)8-6-14/h2-8,11H,9-10,12H2,1H3,(H,22,26)(H,23,25)(H2,21,24,27). The number of benzene rings is 2. The number of hydrogen-bond donors (Lipinski definition) is 4. The fourth-order valence-corrected chi connectivity index (χ4v) is 2.51. The van der Waals surface area contributed by atoms with E-state index in [1.54, 1.807) is 18.2 Å². The van der Waals surface area contributed by atoms with E-state index in [4.69, 9.17) is 23.8 Å². The maximum atomic E-state index is 12.0. The second-order valence-corrected chi connectivity index (χ2v) is 6.70. The van der Waals surface area contributed by atoms with Crippen molar-refractivity contribution in [3.8, 4) is 0 Å². The summed E-state index contributed by atoms with van der Waals surface area (Å²) in [7, 11) is 0. The molecule has 0 aliphatic carbocycles. The Kier molecular flexibility index (Phi) is 8.03. The molecule has 8 heteroatoms. The lowest BCUT2D eigenvalue weighted by Gasteiger charge is -2.12. The first-order valence-corrected chi connectivity index (χ1v) is 9.14. The minimum atomic E-state index is -0.405. The molecule has 27 heavy (non-hydrogen) atoms. The lowest BCUT2D eigenvalue weighted by molar-refractivity contribution is -0.120. The Balaban J connectivity index is 1.62. The molecule has 0 atom stereocenters. The van der Waals surface area contributed by atoms with Crippen LogP contribution in [0.2, 0.25) is 5.02 Å². The summed E-state index contributed by atoms with van der Waals surface area (Å²) < 4.78 is 0. The molecule has 0 radical (unpaired) electrons. The predicted octanol–water partition coefficient (Wildman–Crippen LogP) is 2.12. The monoisotopic (exact) mass is 404 g/mol. The molecular formula is C19H21ClN4O2S. The van der Waals surface area contributed by atoms with Gasteiger partial charge in [0.15, 0.2) is 5.11 Å². The zero-order valence-electron chi connectivity index (χ0n) is 14.8. The molecule has 2 amide bonds. The van der Waals surface area contributed by atoms with E-state index in [2.05, 4.69) is 21.5 Å². The molecule has 2 aromatic carbocycles. The first kappa shape index (κ1) is 20.7. The zero-order valence-corrected chi connectivity index (χ0v) is 16.4. The summed E-state index contributed by atoms with van der Waals surface area (Å²) in [6.45, 7) is 2.34. The van der Waals surface area contributed by atoms with Crippen molar-refractivity contribution in [2.45, 2.75) is 13.3 Å². The first-order chi connectivity index (χ1) is 12.9. The van der Waals surface area contributed by atoms with Crippen molar-refractivity contribution >= 4 is 40.7 Å². The highest BCUT2D eigenvalue weighted by Gasteiger charge is 2.08. The number of amides is 2. The van der Waals surface area contributed by atoms with Gasteiger partial charge < -0.3 is 10.6 Å². The minimum Gasteiger partial charge on any atom is -0.361 e. The van der Waals surface area contributed by atoms with Gasteiger partial charge in [-0.1, -0.05) is 41.4 Å². The van der Waals surface area contributed by atoms with Crippen molar-refractivity contribution in [3.63, 3.8) is 0 Å². The molecule has 0 aromatic heterocycles. The fraction of sp³-hybridized carbons (Fsp3) is 0.211. The molecular weight excluding hydrogens is 384 g/mol. The predicted molar refractivity (Wildman–Crippen MR) is 111 cm³/mol. The number of aryl methyl sites for hydroxylation is 1. The fourth-order valence-electron chi connectivity index (χ4n) is 2.24. The van der Waals surface area contributed by atoms with Gasteiger partial charge in [-0.15, -0.1) is 0 Å². The topological polar surface area (TPSA) is 82.3 Å². The molecule has 0 bridgehead atoms. The van der Waals surface area contributed by atoms with Crippen LogP contribution in [0, 0.1) is 6.92 Å². The highest BCUT2D eigenvalue weighted by Crippen LogP contribution is 2.09. The van der Waals surface area contributed by atoms with Gasteiger partial charge in [-0.05, 0) is 55.4 Å². The molecule has 0 saturated carbocycles. The summed E-state index contributed by atoms with van der Waals surface area (Å²) in [6.07, 6.45) is 0.763. The van der Waals surface area contributed by atoms with Crippen LogP contribution in [0.3, 0.4) is 0 Å². The Morgan fingerprint density at radius 2 is 1.78 bits per heavy atom. The molecule has 4 N–H and O–H groups in total. The molecule has 6 nitrogen and oxygen atoms in total. The quantitative estimate of drug-likeness (QED) is 0.438. The molecule has 0 saturated heterocycles. The summed E-state index contributed by atoms with van der Waals surface area (Å²) in [6, 6.07) is 14.7. The van der Waals surface area contributed by atoms with Gasteiger partial charge >= 0.3 is 0 Å². The maximum Gasteiger partial charge on any atom is 0.257 e. The molecule has 2 aromatic rings. The second kappa shape index (κ2) is 10.5. The molecule has 142 valence electrons. The van der Waals surface area contributed by atoms with Crippen LogP contribution in [0.5, 0.6) is 0 Å². The van der Waals surface area contributed by atoms with Crippen LogP contribution in [0.4, 0.5) is 0 Å². The van der Waals surface area contributed by atoms with E-state index in [0.29, 0.717) is 22.2 Å². The van der Waals surface area contributed by atoms with Gasteiger partial charge in [-0.2, -0.15) is 0 Å². The molecule has 0 unspecified atom stereocenters. The summed E-state index contributed by atoms with van der Waals surface area (Å²) >= 11 is 10.9. The number of halogens is 1. The molecule has 0 heterocycles. The lowest BCUT2D eigenvalue weighted by atomic mass is 10.1. The third-order valence-corrected chi connectivity index (χ3v) is 4.12. The molecule has 0 fully saturated rings. The van der Waals surface area contributed by atoms with Crippen LogP contribution in [0.15, 0.2) is 48.5 Å². The molecule has 0 aliphatic heterocycles. The van der Waals surface area contributed by atoms with Gasteiger partial charge in [-0.3, -0.25) is 20.4 Å². The Labute approximate surface area is 168 Å². The summed E-state index contributed by atoms with van der Waals surface area (Å²) in [5.41, 5.74) is 7.64. The highest BCUT2D eigenvalue weighted by atomic mass is 35.5. The van der Waals surface area contributed by atoms with Gasteiger partial charge in [0.25, 0.3) is 11.8 Å².